The van der Waals surface area contributed by atoms with Crippen LogP contribution in [0.5, 0.6) is 0 Å². The van der Waals surface area contributed by atoms with Crippen molar-refractivity contribution in [1.82, 2.24) is 25.1 Å². The molecule has 4 rings (SSSR count). The zero-order valence-electron chi connectivity index (χ0n) is 18.2. The summed E-state index contributed by atoms with van der Waals surface area (Å²) in [6.45, 7) is 3.66. The number of aryl methyl sites for hydroxylation is 1. The van der Waals surface area contributed by atoms with E-state index in [-0.39, 0.29) is 36.9 Å². The number of hydrogen-bond donors (Lipinski definition) is 2. The molecule has 0 saturated carbocycles. The molecule has 2 fully saturated rings. The van der Waals surface area contributed by atoms with Gasteiger partial charge in [-0.3, -0.25) is 14.5 Å². The summed E-state index contributed by atoms with van der Waals surface area (Å²) in [6.07, 6.45) is 4.43. The molecule has 2 aromatic heterocycles. The number of carbonyl (C=O) groups excluding carboxylic acids is 3. The summed E-state index contributed by atoms with van der Waals surface area (Å²) in [4.78, 5) is 48.2. The summed E-state index contributed by atoms with van der Waals surface area (Å²) < 4.78 is 0. The van der Waals surface area contributed by atoms with E-state index in [9.17, 15) is 14.4 Å². The van der Waals surface area contributed by atoms with Crippen LogP contribution in [0.3, 0.4) is 0 Å². The highest BCUT2D eigenvalue weighted by Crippen LogP contribution is 2.27. The molecule has 2 aliphatic rings. The van der Waals surface area contributed by atoms with Gasteiger partial charge in [0.05, 0.1) is 6.54 Å². The maximum atomic E-state index is 12.7. The Kier molecular flexibility index (Phi) is 6.63. The third-order valence-electron chi connectivity index (χ3n) is 5.93. The van der Waals surface area contributed by atoms with Gasteiger partial charge in [0, 0.05) is 43.9 Å². The molecule has 0 spiro atoms. The van der Waals surface area contributed by atoms with Crippen LogP contribution in [0.2, 0.25) is 0 Å². The van der Waals surface area contributed by atoms with Gasteiger partial charge in [0.25, 0.3) is 0 Å². The number of anilines is 2. The lowest BCUT2D eigenvalue weighted by Crippen LogP contribution is -2.40. The van der Waals surface area contributed by atoms with Crippen molar-refractivity contribution in [1.29, 1.82) is 0 Å². The highest BCUT2D eigenvalue weighted by molar-refractivity contribution is 6.01. The van der Waals surface area contributed by atoms with Gasteiger partial charge < -0.3 is 15.5 Å². The SMILES string of the molecule is Cc1cccnc1Nc1cccc([C@H]2CCCN(C(=O)CCCN3C(=O)CNC3=O)C2)n1. The van der Waals surface area contributed by atoms with Crippen LogP contribution in [0, 0.1) is 6.92 Å². The Labute approximate surface area is 187 Å². The summed E-state index contributed by atoms with van der Waals surface area (Å²) in [5.74, 6) is 1.51. The Hall–Kier alpha value is -3.49. The molecule has 2 N–H and O–H groups in total. The third-order valence-corrected chi connectivity index (χ3v) is 5.93. The van der Waals surface area contributed by atoms with Gasteiger partial charge in [-0.2, -0.15) is 0 Å². The monoisotopic (exact) mass is 436 g/mol. The minimum atomic E-state index is -0.374. The number of imide groups is 1. The topological polar surface area (TPSA) is 108 Å². The molecule has 2 saturated heterocycles. The van der Waals surface area contributed by atoms with E-state index in [1.807, 2.05) is 42.2 Å². The first-order chi connectivity index (χ1) is 15.5. The Bertz CT molecular complexity index is 995. The van der Waals surface area contributed by atoms with Gasteiger partial charge in [-0.15, -0.1) is 0 Å². The molecule has 0 unspecified atom stereocenters. The molecule has 0 radical (unpaired) electrons. The molecular formula is C23H28N6O3. The lowest BCUT2D eigenvalue weighted by atomic mass is 9.94. The molecule has 0 aliphatic carbocycles. The fraction of sp³-hybridized carbons (Fsp3) is 0.435. The van der Waals surface area contributed by atoms with E-state index >= 15 is 0 Å². The fourth-order valence-electron chi connectivity index (χ4n) is 4.16. The smallest absolute Gasteiger partial charge is 0.324 e. The van der Waals surface area contributed by atoms with Crippen molar-refractivity contribution in [3.63, 3.8) is 0 Å². The highest BCUT2D eigenvalue weighted by atomic mass is 16.2. The summed E-state index contributed by atoms with van der Waals surface area (Å²) in [7, 11) is 0. The second-order valence-corrected chi connectivity index (χ2v) is 8.23. The first-order valence-electron chi connectivity index (χ1n) is 11.0. The second-order valence-electron chi connectivity index (χ2n) is 8.23. The van der Waals surface area contributed by atoms with Crippen molar-refractivity contribution < 1.29 is 14.4 Å². The van der Waals surface area contributed by atoms with Crippen LogP contribution < -0.4 is 10.6 Å². The first-order valence-corrected chi connectivity index (χ1v) is 11.0. The number of hydrogen-bond acceptors (Lipinski definition) is 6. The molecule has 4 heterocycles. The Morgan fingerprint density at radius 1 is 1.25 bits per heavy atom. The molecule has 9 heteroatoms. The first kappa shape index (κ1) is 21.7. The van der Waals surface area contributed by atoms with E-state index in [0.717, 1.165) is 42.3 Å². The molecule has 9 nitrogen and oxygen atoms in total. The quantitative estimate of drug-likeness (QED) is 0.646. The van der Waals surface area contributed by atoms with Gasteiger partial charge in [-0.25, -0.2) is 14.8 Å². The second kappa shape index (κ2) is 9.76. The number of likely N-dealkylation sites (tertiary alicyclic amines) is 1. The van der Waals surface area contributed by atoms with E-state index < -0.39 is 0 Å². The summed E-state index contributed by atoms with van der Waals surface area (Å²) >= 11 is 0. The predicted molar refractivity (Wildman–Crippen MR) is 119 cm³/mol. The van der Waals surface area contributed by atoms with Crippen molar-refractivity contribution in [3.05, 3.63) is 47.8 Å². The van der Waals surface area contributed by atoms with E-state index in [0.29, 0.717) is 19.4 Å². The number of nitrogens with zero attached hydrogens (tertiary/aromatic N) is 4. The summed E-state index contributed by atoms with van der Waals surface area (Å²) in [6, 6.07) is 9.42. The Morgan fingerprint density at radius 3 is 2.91 bits per heavy atom. The predicted octanol–water partition coefficient (Wildman–Crippen LogP) is 2.57. The average molecular weight is 437 g/mol. The van der Waals surface area contributed by atoms with Crippen LogP contribution in [0.1, 0.15) is 42.9 Å². The maximum Gasteiger partial charge on any atom is 0.324 e. The van der Waals surface area contributed by atoms with Crippen LogP contribution in [-0.4, -0.2) is 63.8 Å². The van der Waals surface area contributed by atoms with Crippen molar-refractivity contribution in [3.8, 4) is 0 Å². The molecule has 1 atom stereocenters. The van der Waals surface area contributed by atoms with Gasteiger partial charge >= 0.3 is 6.03 Å². The van der Waals surface area contributed by atoms with Crippen molar-refractivity contribution in [2.75, 3.05) is 31.5 Å². The van der Waals surface area contributed by atoms with Crippen molar-refractivity contribution in [2.24, 2.45) is 0 Å². The Morgan fingerprint density at radius 2 is 2.12 bits per heavy atom. The van der Waals surface area contributed by atoms with Crippen LogP contribution >= 0.6 is 0 Å². The van der Waals surface area contributed by atoms with Crippen molar-refractivity contribution >= 4 is 29.5 Å². The molecule has 32 heavy (non-hydrogen) atoms. The molecule has 0 bridgehead atoms. The van der Waals surface area contributed by atoms with Crippen LogP contribution in [-0.2, 0) is 9.59 Å². The number of pyridine rings is 2. The van der Waals surface area contributed by atoms with Gasteiger partial charge in [-0.1, -0.05) is 12.1 Å². The Balaban J connectivity index is 1.33. The number of nitrogens with one attached hydrogen (secondary N) is 2. The average Bonchev–Trinajstić information content (AvgIpc) is 3.13. The molecule has 168 valence electrons. The summed E-state index contributed by atoms with van der Waals surface area (Å²) in [5.41, 5.74) is 2.00. The highest BCUT2D eigenvalue weighted by Gasteiger charge is 2.29. The van der Waals surface area contributed by atoms with Gasteiger partial charge in [0.2, 0.25) is 11.8 Å². The summed E-state index contributed by atoms with van der Waals surface area (Å²) in [5, 5.41) is 5.77. The number of piperidine rings is 1. The van der Waals surface area contributed by atoms with Crippen LogP contribution in [0.25, 0.3) is 0 Å². The van der Waals surface area contributed by atoms with E-state index in [2.05, 4.69) is 15.6 Å². The zero-order valence-corrected chi connectivity index (χ0v) is 18.2. The maximum absolute atomic E-state index is 12.7. The van der Waals surface area contributed by atoms with Gasteiger partial charge in [-0.05, 0) is 49.9 Å². The number of aromatic nitrogens is 2. The number of rotatable bonds is 7. The van der Waals surface area contributed by atoms with Gasteiger partial charge in [0.15, 0.2) is 0 Å². The molecule has 4 amide bonds. The normalized spacial score (nSPS) is 18.6. The van der Waals surface area contributed by atoms with E-state index in [1.165, 1.54) is 4.90 Å². The van der Waals surface area contributed by atoms with Crippen LogP contribution in [0.4, 0.5) is 16.4 Å². The number of amides is 4. The standard InChI is InChI=1S/C23H28N6O3/c1-16-6-3-11-24-22(16)27-19-9-2-8-18(26-19)17-7-4-12-28(15-17)20(30)10-5-13-29-21(31)14-25-23(29)32/h2-3,6,8-9,11,17H,4-5,7,10,12-15H2,1H3,(H,25,32)(H,24,26,27)/t17-/m0/s1. The molecule has 2 aromatic rings. The number of urea groups is 1. The minimum Gasteiger partial charge on any atom is -0.342 e. The lowest BCUT2D eigenvalue weighted by molar-refractivity contribution is -0.133. The zero-order chi connectivity index (χ0) is 22.5. The van der Waals surface area contributed by atoms with E-state index in [4.69, 9.17) is 4.98 Å². The lowest BCUT2D eigenvalue weighted by Gasteiger charge is -2.33. The number of carbonyl (C=O) groups is 3. The fourth-order valence-corrected chi connectivity index (χ4v) is 4.16. The third kappa shape index (κ3) is 5.04. The molecule has 2 aliphatic heterocycles. The van der Waals surface area contributed by atoms with Crippen LogP contribution in [0.15, 0.2) is 36.5 Å². The molecular weight excluding hydrogens is 408 g/mol. The van der Waals surface area contributed by atoms with Crippen molar-refractivity contribution in [2.45, 2.75) is 38.5 Å². The molecule has 0 aromatic carbocycles. The van der Waals surface area contributed by atoms with Gasteiger partial charge in [0.1, 0.15) is 11.6 Å². The largest absolute Gasteiger partial charge is 0.342 e. The minimum absolute atomic E-state index is 0.0431. The van der Waals surface area contributed by atoms with E-state index in [1.54, 1.807) is 6.20 Å².